The van der Waals surface area contributed by atoms with E-state index >= 15 is 0 Å². The second kappa shape index (κ2) is 9.73. The monoisotopic (exact) mass is 442 g/mol. The van der Waals surface area contributed by atoms with Crippen molar-refractivity contribution >= 4 is 23.2 Å². The third-order valence-corrected chi connectivity index (χ3v) is 4.85. The molecule has 0 atom stereocenters. The minimum atomic E-state index is -0.329. The molecule has 0 aliphatic rings. The van der Waals surface area contributed by atoms with Gasteiger partial charge in [0.05, 0.1) is 18.5 Å². The number of rotatable bonds is 7. The summed E-state index contributed by atoms with van der Waals surface area (Å²) in [5.74, 6) is 0.270. The molecule has 0 bridgehead atoms. The fourth-order valence-electron chi connectivity index (χ4n) is 3.17. The number of carbonyl (C=O) groups excluding carboxylic acids is 2. The Labute approximate surface area is 190 Å². The van der Waals surface area contributed by atoms with E-state index in [0.717, 1.165) is 5.56 Å². The molecule has 0 unspecified atom stereocenters. The number of amides is 2. The van der Waals surface area contributed by atoms with E-state index in [2.05, 4.69) is 26.0 Å². The van der Waals surface area contributed by atoms with Crippen LogP contribution in [0.25, 0.3) is 11.4 Å². The quantitative estimate of drug-likeness (QED) is 0.453. The van der Waals surface area contributed by atoms with Crippen molar-refractivity contribution < 1.29 is 14.3 Å². The number of methoxy groups -OCH3 is 1. The molecule has 1 heterocycles. The number of hydrogen-bond acceptors (Lipinski definition) is 6. The largest absolute Gasteiger partial charge is 0.495 e. The highest BCUT2D eigenvalue weighted by atomic mass is 16.5. The maximum absolute atomic E-state index is 12.6. The Bertz CT molecular complexity index is 1280. The van der Waals surface area contributed by atoms with Gasteiger partial charge < -0.3 is 15.4 Å². The molecule has 166 valence electrons. The van der Waals surface area contributed by atoms with Crippen molar-refractivity contribution in [2.24, 2.45) is 0 Å². The lowest BCUT2D eigenvalue weighted by molar-refractivity contribution is -0.117. The van der Waals surface area contributed by atoms with Crippen LogP contribution >= 0.6 is 0 Å². The number of aromatic nitrogens is 4. The summed E-state index contributed by atoms with van der Waals surface area (Å²) in [6, 6.07) is 21.6. The zero-order valence-corrected chi connectivity index (χ0v) is 18.1. The van der Waals surface area contributed by atoms with Gasteiger partial charge in [0.2, 0.25) is 11.7 Å². The zero-order valence-electron chi connectivity index (χ0n) is 18.1. The smallest absolute Gasteiger partial charge is 0.255 e. The molecule has 9 heteroatoms. The first kappa shape index (κ1) is 21.7. The molecule has 1 aromatic heterocycles. The van der Waals surface area contributed by atoms with E-state index in [-0.39, 0.29) is 18.4 Å². The van der Waals surface area contributed by atoms with Crippen LogP contribution in [0.2, 0.25) is 0 Å². The van der Waals surface area contributed by atoms with Crippen LogP contribution in [0.1, 0.15) is 15.9 Å². The minimum Gasteiger partial charge on any atom is -0.495 e. The summed E-state index contributed by atoms with van der Waals surface area (Å²) in [6.07, 6.45) is 0. The highest BCUT2D eigenvalue weighted by Gasteiger charge is 2.15. The van der Waals surface area contributed by atoms with Crippen LogP contribution in [0.5, 0.6) is 5.75 Å². The lowest BCUT2D eigenvalue weighted by Crippen LogP contribution is -2.20. The van der Waals surface area contributed by atoms with Gasteiger partial charge in [-0.1, -0.05) is 42.0 Å². The molecule has 33 heavy (non-hydrogen) atoms. The van der Waals surface area contributed by atoms with E-state index in [0.29, 0.717) is 34.1 Å². The molecule has 3 aromatic carbocycles. The topological polar surface area (TPSA) is 111 Å². The van der Waals surface area contributed by atoms with E-state index in [4.69, 9.17) is 4.74 Å². The molecule has 0 saturated heterocycles. The molecule has 2 N–H and O–H groups in total. The van der Waals surface area contributed by atoms with Gasteiger partial charge in [0.15, 0.2) is 0 Å². The Kier molecular flexibility index (Phi) is 6.40. The van der Waals surface area contributed by atoms with Crippen LogP contribution in [0.4, 0.5) is 11.4 Å². The van der Waals surface area contributed by atoms with Gasteiger partial charge in [-0.25, -0.2) is 0 Å². The predicted octanol–water partition coefficient (Wildman–Crippen LogP) is 3.55. The molecule has 0 spiro atoms. The van der Waals surface area contributed by atoms with E-state index in [9.17, 15) is 9.59 Å². The van der Waals surface area contributed by atoms with Gasteiger partial charge in [0, 0.05) is 11.1 Å². The van der Waals surface area contributed by atoms with Crippen LogP contribution in [0.15, 0.2) is 72.8 Å². The number of ether oxygens (including phenoxy) is 1. The van der Waals surface area contributed by atoms with Crippen LogP contribution in [0, 0.1) is 6.92 Å². The molecule has 9 nitrogen and oxygen atoms in total. The number of para-hydroxylation sites is 3. The van der Waals surface area contributed by atoms with E-state index in [1.165, 1.54) is 11.9 Å². The zero-order chi connectivity index (χ0) is 23.2. The van der Waals surface area contributed by atoms with Crippen molar-refractivity contribution in [3.63, 3.8) is 0 Å². The summed E-state index contributed by atoms with van der Waals surface area (Å²) >= 11 is 0. The molecule has 0 saturated carbocycles. The number of benzene rings is 3. The number of carbonyl (C=O) groups is 2. The average molecular weight is 442 g/mol. The van der Waals surface area contributed by atoms with E-state index in [1.807, 2.05) is 31.2 Å². The van der Waals surface area contributed by atoms with Gasteiger partial charge >= 0.3 is 0 Å². The Morgan fingerprint density at radius 3 is 2.36 bits per heavy atom. The number of hydrogen-bond donors (Lipinski definition) is 2. The van der Waals surface area contributed by atoms with E-state index < -0.39 is 0 Å². The Morgan fingerprint density at radius 2 is 1.61 bits per heavy atom. The molecular formula is C24H22N6O3. The van der Waals surface area contributed by atoms with Gasteiger partial charge in [0.1, 0.15) is 12.3 Å². The van der Waals surface area contributed by atoms with Gasteiger partial charge in [-0.3, -0.25) is 9.59 Å². The molecule has 4 rings (SSSR count). The fourth-order valence-corrected chi connectivity index (χ4v) is 3.17. The maximum Gasteiger partial charge on any atom is 0.255 e. The average Bonchev–Trinajstić information content (AvgIpc) is 3.28. The summed E-state index contributed by atoms with van der Waals surface area (Å²) < 4.78 is 5.24. The van der Waals surface area contributed by atoms with Crippen LogP contribution in [0.3, 0.4) is 0 Å². The number of nitrogens with zero attached hydrogens (tertiary/aromatic N) is 4. The summed E-state index contributed by atoms with van der Waals surface area (Å²) in [5.41, 5.74) is 3.30. The number of anilines is 2. The first-order valence-corrected chi connectivity index (χ1v) is 10.2. The first-order chi connectivity index (χ1) is 16.0. The molecule has 0 aliphatic carbocycles. The van der Waals surface area contributed by atoms with Crippen LogP contribution < -0.4 is 15.4 Å². The second-order valence-corrected chi connectivity index (χ2v) is 7.26. The Morgan fingerprint density at radius 1 is 0.909 bits per heavy atom. The Hall–Kier alpha value is -4.53. The predicted molar refractivity (Wildman–Crippen MR) is 124 cm³/mol. The highest BCUT2D eigenvalue weighted by molar-refractivity contribution is 6.06. The minimum absolute atomic E-state index is 0.136. The second-order valence-electron chi connectivity index (χ2n) is 7.26. The molecule has 0 radical (unpaired) electrons. The van der Waals surface area contributed by atoms with Crippen molar-refractivity contribution in [1.82, 2.24) is 20.2 Å². The summed E-state index contributed by atoms with van der Waals surface area (Å²) in [4.78, 5) is 26.3. The lowest BCUT2D eigenvalue weighted by atomic mass is 10.1. The van der Waals surface area contributed by atoms with Gasteiger partial charge in [-0.05, 0) is 48.5 Å². The molecule has 4 aromatic rings. The summed E-state index contributed by atoms with van der Waals surface area (Å²) in [5, 5.41) is 18.0. The molecule has 2 amide bonds. The SMILES string of the molecule is COc1ccccc1NC(=O)Cn1nnc(-c2ccccc2NC(=O)c2ccc(C)cc2)n1. The third kappa shape index (κ3) is 5.21. The third-order valence-electron chi connectivity index (χ3n) is 4.85. The Balaban J connectivity index is 1.48. The van der Waals surface area contributed by atoms with Gasteiger partial charge in [-0.15, -0.1) is 10.2 Å². The standard InChI is InChI=1S/C24H22N6O3/c1-16-11-13-17(14-12-16)24(32)26-19-8-4-3-7-18(19)23-27-29-30(28-23)15-22(31)25-20-9-5-6-10-21(20)33-2/h3-14H,15H2,1-2H3,(H,25,31)(H,26,32). The first-order valence-electron chi connectivity index (χ1n) is 10.2. The van der Waals surface area contributed by atoms with Crippen molar-refractivity contribution in [3.8, 4) is 17.1 Å². The van der Waals surface area contributed by atoms with Crippen LogP contribution in [-0.2, 0) is 11.3 Å². The summed E-state index contributed by atoms with van der Waals surface area (Å²) in [7, 11) is 1.53. The van der Waals surface area contributed by atoms with E-state index in [1.54, 1.807) is 48.5 Å². The van der Waals surface area contributed by atoms with Gasteiger partial charge in [-0.2, -0.15) is 4.80 Å². The number of aryl methyl sites for hydroxylation is 1. The number of nitrogens with one attached hydrogen (secondary N) is 2. The van der Waals surface area contributed by atoms with Crippen LogP contribution in [-0.4, -0.2) is 39.1 Å². The fraction of sp³-hybridized carbons (Fsp3) is 0.125. The maximum atomic E-state index is 12.6. The highest BCUT2D eigenvalue weighted by Crippen LogP contribution is 2.25. The molecule has 0 aliphatic heterocycles. The number of tetrazole rings is 1. The van der Waals surface area contributed by atoms with Crippen molar-refractivity contribution in [1.29, 1.82) is 0 Å². The van der Waals surface area contributed by atoms with Crippen molar-refractivity contribution in [2.45, 2.75) is 13.5 Å². The molecular weight excluding hydrogens is 420 g/mol. The van der Waals surface area contributed by atoms with Crippen molar-refractivity contribution in [3.05, 3.63) is 83.9 Å². The molecule has 0 fully saturated rings. The summed E-state index contributed by atoms with van der Waals surface area (Å²) in [6.45, 7) is 1.82. The van der Waals surface area contributed by atoms with Crippen molar-refractivity contribution in [2.75, 3.05) is 17.7 Å². The normalized spacial score (nSPS) is 10.5. The van der Waals surface area contributed by atoms with Gasteiger partial charge in [0.25, 0.3) is 5.91 Å². The lowest BCUT2D eigenvalue weighted by Gasteiger charge is -2.09.